The van der Waals surface area contributed by atoms with Crippen LogP contribution in [0.5, 0.6) is 0 Å². The Hall–Kier alpha value is -0.530. The summed E-state index contributed by atoms with van der Waals surface area (Å²) in [6, 6.07) is 0. The molecule has 0 N–H and O–H groups in total. The Bertz CT molecular complexity index is 321. The molecule has 22 heavy (non-hydrogen) atoms. The number of carbonyl (C=O) groups is 1. The maximum absolute atomic E-state index is 12.7. The van der Waals surface area contributed by atoms with Crippen LogP contribution in [0.4, 0.5) is 22.0 Å². The summed E-state index contributed by atoms with van der Waals surface area (Å²) in [5, 5.41) is -0.290. The summed E-state index contributed by atoms with van der Waals surface area (Å²) in [7, 11) is 1.31. The lowest BCUT2D eigenvalue weighted by Crippen LogP contribution is -2.36. The number of alkyl halides is 5. The van der Waals surface area contributed by atoms with E-state index in [1.54, 1.807) is 0 Å². The second kappa shape index (κ2) is 10.3. The summed E-state index contributed by atoms with van der Waals surface area (Å²) in [6.45, 7) is 2.00. The molecule has 0 rings (SSSR count). The maximum Gasteiger partial charge on any atom is 0.453 e. The van der Waals surface area contributed by atoms with Crippen molar-refractivity contribution in [2.24, 2.45) is 0 Å². The molecule has 0 aliphatic heterocycles. The normalized spacial score (nSPS) is 14.0. The molecule has 0 aromatic rings. The average Bonchev–Trinajstić information content (AvgIpc) is 2.43. The highest BCUT2D eigenvalue weighted by Gasteiger charge is 2.56. The van der Waals surface area contributed by atoms with Gasteiger partial charge in [-0.3, -0.25) is 4.79 Å². The van der Waals surface area contributed by atoms with E-state index in [0.717, 1.165) is 12.8 Å². The van der Waals surface area contributed by atoms with E-state index in [2.05, 4.69) is 4.74 Å². The zero-order valence-corrected chi connectivity index (χ0v) is 13.7. The minimum atomic E-state index is -5.47. The highest BCUT2D eigenvalue weighted by atomic mass is 32.2. The molecule has 0 fully saturated rings. The summed E-state index contributed by atoms with van der Waals surface area (Å²) in [5.74, 6) is -4.39. The third kappa shape index (κ3) is 8.19. The minimum absolute atomic E-state index is 0.190. The van der Waals surface area contributed by atoms with Crippen molar-refractivity contribution < 1.29 is 31.5 Å². The minimum Gasteiger partial charge on any atom is -0.468 e. The van der Waals surface area contributed by atoms with E-state index in [0.29, 0.717) is 18.6 Å². The van der Waals surface area contributed by atoms with Crippen molar-refractivity contribution in [3.63, 3.8) is 0 Å². The van der Waals surface area contributed by atoms with Gasteiger partial charge in [0.2, 0.25) is 0 Å². The highest BCUT2D eigenvalue weighted by Crippen LogP contribution is 2.39. The van der Waals surface area contributed by atoms with Gasteiger partial charge in [0.05, 0.1) is 7.11 Å². The number of esters is 1. The summed E-state index contributed by atoms with van der Waals surface area (Å²) in [6.07, 6.45) is -3.57. The monoisotopic (exact) mass is 350 g/mol. The van der Waals surface area contributed by atoms with Crippen LogP contribution in [0.1, 0.15) is 51.9 Å². The van der Waals surface area contributed by atoms with Crippen molar-refractivity contribution >= 4 is 17.7 Å². The first kappa shape index (κ1) is 21.5. The van der Waals surface area contributed by atoms with Gasteiger partial charge in [0.25, 0.3) is 0 Å². The van der Waals surface area contributed by atoms with Crippen molar-refractivity contribution in [1.82, 2.24) is 0 Å². The van der Waals surface area contributed by atoms with E-state index >= 15 is 0 Å². The fourth-order valence-electron chi connectivity index (χ4n) is 1.78. The average molecular weight is 350 g/mol. The van der Waals surface area contributed by atoms with Crippen LogP contribution >= 0.6 is 11.8 Å². The van der Waals surface area contributed by atoms with Gasteiger partial charge in [0.15, 0.2) is 0 Å². The third-order valence-corrected chi connectivity index (χ3v) is 4.51. The number of hydrogen-bond donors (Lipinski definition) is 0. The predicted molar refractivity (Wildman–Crippen MR) is 77.3 cm³/mol. The van der Waals surface area contributed by atoms with Crippen LogP contribution < -0.4 is 0 Å². The first-order chi connectivity index (χ1) is 10.2. The van der Waals surface area contributed by atoms with Crippen molar-refractivity contribution in [3.8, 4) is 0 Å². The summed E-state index contributed by atoms with van der Waals surface area (Å²) < 4.78 is 65.9. The number of methoxy groups -OCH3 is 1. The number of unbranched alkanes of at least 4 members (excludes halogenated alkanes) is 3. The van der Waals surface area contributed by atoms with Crippen LogP contribution in [-0.2, 0) is 9.53 Å². The molecule has 1 unspecified atom stereocenters. The van der Waals surface area contributed by atoms with Crippen molar-refractivity contribution in [2.45, 2.75) is 69.2 Å². The molecule has 0 aliphatic carbocycles. The van der Waals surface area contributed by atoms with Crippen molar-refractivity contribution in [3.05, 3.63) is 0 Å². The fourth-order valence-corrected chi connectivity index (χ4v) is 3.00. The largest absolute Gasteiger partial charge is 0.468 e. The van der Waals surface area contributed by atoms with Gasteiger partial charge in [-0.25, -0.2) is 0 Å². The molecular formula is C14H23F5O2S. The molecule has 0 heterocycles. The van der Waals surface area contributed by atoms with E-state index in [9.17, 15) is 26.7 Å². The van der Waals surface area contributed by atoms with Crippen molar-refractivity contribution in [2.75, 3.05) is 12.9 Å². The molecule has 0 amide bonds. The zero-order chi connectivity index (χ0) is 17.2. The molecule has 0 aromatic carbocycles. The number of thioether (sulfide) groups is 1. The lowest BCUT2D eigenvalue weighted by Gasteiger charge is -2.19. The standard InChI is InChI=1S/C14H23F5O2S/c1-3-4-8-11(12(20)21-2)22-10-7-5-6-9-13(15,16)14(17,18)19/h11H,3-10H2,1-2H3. The molecule has 0 spiro atoms. The highest BCUT2D eigenvalue weighted by molar-refractivity contribution is 8.00. The van der Waals surface area contributed by atoms with Gasteiger partial charge < -0.3 is 4.74 Å². The quantitative estimate of drug-likeness (QED) is 0.291. The molecular weight excluding hydrogens is 327 g/mol. The van der Waals surface area contributed by atoms with Crippen LogP contribution in [0.2, 0.25) is 0 Å². The van der Waals surface area contributed by atoms with Gasteiger partial charge in [-0.2, -0.15) is 22.0 Å². The van der Waals surface area contributed by atoms with E-state index in [1.165, 1.54) is 18.9 Å². The Morgan fingerprint density at radius 2 is 1.73 bits per heavy atom. The second-order valence-electron chi connectivity index (χ2n) is 5.04. The first-order valence-electron chi connectivity index (χ1n) is 7.29. The van der Waals surface area contributed by atoms with Gasteiger partial charge >= 0.3 is 18.1 Å². The molecule has 2 nitrogen and oxygen atoms in total. The topological polar surface area (TPSA) is 26.3 Å². The van der Waals surface area contributed by atoms with Crippen molar-refractivity contribution in [1.29, 1.82) is 0 Å². The van der Waals surface area contributed by atoms with E-state index in [1.807, 2.05) is 6.92 Å². The Balaban J connectivity index is 3.93. The van der Waals surface area contributed by atoms with Crippen LogP contribution in [0.15, 0.2) is 0 Å². The zero-order valence-electron chi connectivity index (χ0n) is 12.8. The SMILES string of the molecule is CCCCC(SCCCCCC(F)(F)C(F)(F)F)C(=O)OC. The lowest BCUT2D eigenvalue weighted by molar-refractivity contribution is -0.284. The molecule has 0 aliphatic rings. The van der Waals surface area contributed by atoms with Gasteiger partial charge in [-0.1, -0.05) is 26.2 Å². The molecule has 8 heteroatoms. The molecule has 0 saturated carbocycles. The molecule has 0 saturated heterocycles. The Kier molecular flexibility index (Phi) is 10.0. The molecule has 132 valence electrons. The summed E-state index contributed by atoms with van der Waals surface area (Å²) >= 11 is 1.37. The lowest BCUT2D eigenvalue weighted by atomic mass is 10.1. The molecule has 0 radical (unpaired) electrons. The number of rotatable bonds is 11. The molecule has 0 bridgehead atoms. The van der Waals surface area contributed by atoms with Crippen LogP contribution in [0.3, 0.4) is 0 Å². The van der Waals surface area contributed by atoms with Gasteiger partial charge in [0.1, 0.15) is 5.25 Å². The molecule has 1 atom stereocenters. The summed E-state index contributed by atoms with van der Waals surface area (Å²) in [5.41, 5.74) is 0. The van der Waals surface area contributed by atoms with Crippen LogP contribution in [-0.4, -0.2) is 36.2 Å². The second-order valence-corrected chi connectivity index (χ2v) is 6.35. The van der Waals surface area contributed by atoms with Crippen LogP contribution in [0.25, 0.3) is 0 Å². The third-order valence-electron chi connectivity index (χ3n) is 3.15. The maximum atomic E-state index is 12.7. The fraction of sp³-hybridized carbons (Fsp3) is 0.929. The van der Waals surface area contributed by atoms with E-state index in [-0.39, 0.29) is 24.1 Å². The van der Waals surface area contributed by atoms with Crippen LogP contribution in [0, 0.1) is 0 Å². The summed E-state index contributed by atoms with van der Waals surface area (Å²) in [4.78, 5) is 11.5. The Morgan fingerprint density at radius 1 is 1.09 bits per heavy atom. The molecule has 0 aromatic heterocycles. The van der Waals surface area contributed by atoms with E-state index < -0.39 is 18.5 Å². The number of ether oxygens (including phenoxy) is 1. The number of hydrogen-bond acceptors (Lipinski definition) is 3. The Labute approximate surface area is 132 Å². The van der Waals surface area contributed by atoms with Gasteiger partial charge in [-0.15, -0.1) is 11.8 Å². The number of halogens is 5. The number of carbonyl (C=O) groups excluding carboxylic acids is 1. The van der Waals surface area contributed by atoms with E-state index in [4.69, 9.17) is 0 Å². The smallest absolute Gasteiger partial charge is 0.453 e. The first-order valence-corrected chi connectivity index (χ1v) is 8.34. The van der Waals surface area contributed by atoms with Gasteiger partial charge in [-0.05, 0) is 25.0 Å². The Morgan fingerprint density at radius 3 is 2.23 bits per heavy atom. The van der Waals surface area contributed by atoms with Gasteiger partial charge in [0, 0.05) is 6.42 Å². The predicted octanol–water partition coefficient (Wildman–Crippen LogP) is 5.21.